The first kappa shape index (κ1) is 13.5. The molecule has 1 heterocycles. The van der Waals surface area contributed by atoms with E-state index in [0.29, 0.717) is 22.4 Å². The van der Waals surface area contributed by atoms with Crippen molar-refractivity contribution < 1.29 is 9.90 Å². The van der Waals surface area contributed by atoms with Gasteiger partial charge >= 0.3 is 0 Å². The first-order chi connectivity index (χ1) is 9.11. The van der Waals surface area contributed by atoms with Gasteiger partial charge in [0.1, 0.15) is 10.4 Å². The topological polar surface area (TPSA) is 53.4 Å². The summed E-state index contributed by atoms with van der Waals surface area (Å²) in [5.74, 6) is -0.00854. The standard InChI is InChI=1S/C14H13BrN2O2/c1-2-17(11-4-3-5-12(18)8-11)14(19)10-6-7-13(15)16-9-10/h3-9,18H,2H2,1H3. The zero-order valence-electron chi connectivity index (χ0n) is 10.4. The number of anilines is 1. The van der Waals surface area contributed by atoms with E-state index in [2.05, 4.69) is 20.9 Å². The average Bonchev–Trinajstić information content (AvgIpc) is 2.40. The number of carbonyl (C=O) groups excluding carboxylic acids is 1. The molecular formula is C14H13BrN2O2. The fourth-order valence-electron chi connectivity index (χ4n) is 1.76. The predicted octanol–water partition coefficient (Wildman–Crippen LogP) is 3.22. The number of hydrogen-bond donors (Lipinski definition) is 1. The number of aromatic nitrogens is 1. The van der Waals surface area contributed by atoms with E-state index in [0.717, 1.165) is 0 Å². The lowest BCUT2D eigenvalue weighted by atomic mass is 10.2. The van der Waals surface area contributed by atoms with Crippen molar-refractivity contribution in [1.82, 2.24) is 4.98 Å². The first-order valence-electron chi connectivity index (χ1n) is 5.84. The van der Waals surface area contributed by atoms with Crippen molar-refractivity contribution in [1.29, 1.82) is 0 Å². The Morgan fingerprint density at radius 2 is 2.16 bits per heavy atom. The summed E-state index contributed by atoms with van der Waals surface area (Å²) in [7, 11) is 0. The molecule has 19 heavy (non-hydrogen) atoms. The second kappa shape index (κ2) is 5.84. The number of hydrogen-bond acceptors (Lipinski definition) is 3. The molecule has 0 radical (unpaired) electrons. The summed E-state index contributed by atoms with van der Waals surface area (Å²) in [6, 6.07) is 10.1. The van der Waals surface area contributed by atoms with Gasteiger partial charge in [0, 0.05) is 24.5 Å². The van der Waals surface area contributed by atoms with Crippen molar-refractivity contribution in [3.05, 3.63) is 52.8 Å². The highest BCUT2D eigenvalue weighted by Crippen LogP contribution is 2.21. The Morgan fingerprint density at radius 1 is 1.37 bits per heavy atom. The Bertz CT molecular complexity index is 584. The fourth-order valence-corrected chi connectivity index (χ4v) is 2.00. The molecule has 0 aliphatic heterocycles. The molecule has 0 unspecified atom stereocenters. The first-order valence-corrected chi connectivity index (χ1v) is 6.63. The molecule has 0 spiro atoms. The largest absolute Gasteiger partial charge is 0.508 e. The van der Waals surface area contributed by atoms with Crippen molar-refractivity contribution in [2.24, 2.45) is 0 Å². The number of pyridine rings is 1. The van der Waals surface area contributed by atoms with Crippen LogP contribution in [0.15, 0.2) is 47.2 Å². The minimum atomic E-state index is -0.145. The molecule has 0 aliphatic rings. The number of phenolic OH excluding ortho intramolecular Hbond substituents is 1. The van der Waals surface area contributed by atoms with Gasteiger partial charge in [-0.1, -0.05) is 6.07 Å². The maximum Gasteiger partial charge on any atom is 0.259 e. The molecule has 0 saturated carbocycles. The lowest BCUT2D eigenvalue weighted by Crippen LogP contribution is -2.30. The third-order valence-electron chi connectivity index (χ3n) is 2.68. The van der Waals surface area contributed by atoms with Crippen LogP contribution in [0, 0.1) is 0 Å². The third-order valence-corrected chi connectivity index (χ3v) is 3.15. The lowest BCUT2D eigenvalue weighted by molar-refractivity contribution is 0.0988. The van der Waals surface area contributed by atoms with Gasteiger partial charge in [0.25, 0.3) is 5.91 Å². The Kier molecular flexibility index (Phi) is 4.16. The van der Waals surface area contributed by atoms with Crippen molar-refractivity contribution >= 4 is 27.5 Å². The summed E-state index contributed by atoms with van der Waals surface area (Å²) < 4.78 is 0.685. The maximum atomic E-state index is 12.4. The minimum absolute atomic E-state index is 0.137. The van der Waals surface area contributed by atoms with Crippen LogP contribution in [0.4, 0.5) is 5.69 Å². The van der Waals surface area contributed by atoms with Gasteiger partial charge in [-0.05, 0) is 47.1 Å². The molecule has 1 aromatic heterocycles. The zero-order valence-corrected chi connectivity index (χ0v) is 12.0. The molecule has 2 aromatic rings. The van der Waals surface area contributed by atoms with Gasteiger partial charge in [-0.15, -0.1) is 0 Å². The predicted molar refractivity (Wildman–Crippen MR) is 77.4 cm³/mol. The zero-order chi connectivity index (χ0) is 13.8. The number of aromatic hydroxyl groups is 1. The van der Waals surface area contributed by atoms with E-state index >= 15 is 0 Å². The average molecular weight is 321 g/mol. The van der Waals surface area contributed by atoms with Gasteiger partial charge < -0.3 is 10.0 Å². The van der Waals surface area contributed by atoms with Crippen molar-refractivity contribution in [2.45, 2.75) is 6.92 Å². The van der Waals surface area contributed by atoms with Crippen LogP contribution in [0.1, 0.15) is 17.3 Å². The molecular weight excluding hydrogens is 308 g/mol. The molecule has 1 aromatic carbocycles. The van der Waals surface area contributed by atoms with Gasteiger partial charge in [0.05, 0.1) is 5.56 Å². The summed E-state index contributed by atoms with van der Waals surface area (Å²) in [5, 5.41) is 9.49. The second-order valence-electron chi connectivity index (χ2n) is 3.94. The second-order valence-corrected chi connectivity index (χ2v) is 4.75. The Balaban J connectivity index is 2.31. The van der Waals surface area contributed by atoms with E-state index in [9.17, 15) is 9.90 Å². The Hall–Kier alpha value is -1.88. The summed E-state index contributed by atoms with van der Waals surface area (Å²) >= 11 is 3.23. The summed E-state index contributed by atoms with van der Waals surface area (Å²) in [6.45, 7) is 2.40. The lowest BCUT2D eigenvalue weighted by Gasteiger charge is -2.21. The quantitative estimate of drug-likeness (QED) is 0.883. The normalized spacial score (nSPS) is 10.2. The maximum absolute atomic E-state index is 12.4. The van der Waals surface area contributed by atoms with Crippen LogP contribution < -0.4 is 4.90 Å². The van der Waals surface area contributed by atoms with Crippen LogP contribution >= 0.6 is 15.9 Å². The van der Waals surface area contributed by atoms with Gasteiger partial charge in [-0.25, -0.2) is 4.98 Å². The van der Waals surface area contributed by atoms with Crippen molar-refractivity contribution in [3.8, 4) is 5.75 Å². The van der Waals surface area contributed by atoms with Crippen LogP contribution in [-0.4, -0.2) is 22.5 Å². The highest BCUT2D eigenvalue weighted by molar-refractivity contribution is 9.10. The van der Waals surface area contributed by atoms with E-state index < -0.39 is 0 Å². The molecule has 0 fully saturated rings. The number of amides is 1. The minimum Gasteiger partial charge on any atom is -0.508 e. The van der Waals surface area contributed by atoms with E-state index in [1.165, 1.54) is 6.20 Å². The van der Waals surface area contributed by atoms with Crippen LogP contribution in [0.2, 0.25) is 0 Å². The number of phenols is 1. The third kappa shape index (κ3) is 3.12. The monoisotopic (exact) mass is 320 g/mol. The molecule has 2 rings (SSSR count). The van der Waals surface area contributed by atoms with E-state index in [1.807, 2.05) is 6.92 Å². The molecule has 0 bridgehead atoms. The molecule has 1 N–H and O–H groups in total. The van der Waals surface area contributed by atoms with E-state index in [4.69, 9.17) is 0 Å². The Labute approximate surface area is 119 Å². The molecule has 98 valence electrons. The smallest absolute Gasteiger partial charge is 0.259 e. The number of rotatable bonds is 3. The molecule has 1 amide bonds. The van der Waals surface area contributed by atoms with Crippen molar-refractivity contribution in [3.63, 3.8) is 0 Å². The molecule has 4 nitrogen and oxygen atoms in total. The number of nitrogens with zero attached hydrogens (tertiary/aromatic N) is 2. The number of halogens is 1. The molecule has 5 heteroatoms. The summed E-state index contributed by atoms with van der Waals surface area (Å²) in [4.78, 5) is 18.0. The van der Waals surface area contributed by atoms with Crippen molar-refractivity contribution in [2.75, 3.05) is 11.4 Å². The number of carbonyl (C=O) groups is 1. The van der Waals surface area contributed by atoms with Crippen LogP contribution in [-0.2, 0) is 0 Å². The van der Waals surface area contributed by atoms with Gasteiger partial charge in [-0.2, -0.15) is 0 Å². The van der Waals surface area contributed by atoms with Gasteiger partial charge in [0.15, 0.2) is 0 Å². The Morgan fingerprint density at radius 3 is 2.74 bits per heavy atom. The highest BCUT2D eigenvalue weighted by atomic mass is 79.9. The SMILES string of the molecule is CCN(C(=O)c1ccc(Br)nc1)c1cccc(O)c1. The highest BCUT2D eigenvalue weighted by Gasteiger charge is 2.16. The van der Waals surface area contributed by atoms with E-state index in [-0.39, 0.29) is 11.7 Å². The van der Waals surface area contributed by atoms with Crippen LogP contribution in [0.3, 0.4) is 0 Å². The summed E-state index contributed by atoms with van der Waals surface area (Å²) in [5.41, 5.74) is 1.17. The van der Waals surface area contributed by atoms with Gasteiger partial charge in [0.2, 0.25) is 0 Å². The fraction of sp³-hybridized carbons (Fsp3) is 0.143. The molecule has 0 atom stereocenters. The summed E-state index contributed by atoms with van der Waals surface area (Å²) in [6.07, 6.45) is 1.53. The molecule has 0 aliphatic carbocycles. The van der Waals surface area contributed by atoms with Crippen LogP contribution in [0.25, 0.3) is 0 Å². The van der Waals surface area contributed by atoms with Crippen LogP contribution in [0.5, 0.6) is 5.75 Å². The van der Waals surface area contributed by atoms with Gasteiger partial charge in [-0.3, -0.25) is 4.79 Å². The molecule has 0 saturated heterocycles. The van der Waals surface area contributed by atoms with E-state index in [1.54, 1.807) is 41.3 Å². The number of benzene rings is 1.